The highest BCUT2D eigenvalue weighted by atomic mass is 35.5. The van der Waals surface area contributed by atoms with E-state index in [0.717, 1.165) is 28.0 Å². The van der Waals surface area contributed by atoms with Gasteiger partial charge in [-0.15, -0.1) is 11.3 Å². The van der Waals surface area contributed by atoms with E-state index in [1.54, 1.807) is 11.3 Å². The molecule has 4 rings (SSSR count). The number of halogens is 1. The quantitative estimate of drug-likeness (QED) is 0.494. The van der Waals surface area contributed by atoms with Gasteiger partial charge in [0.1, 0.15) is 15.7 Å². The van der Waals surface area contributed by atoms with E-state index in [1.807, 2.05) is 47.8 Å². The number of nitrogens with zero attached hydrogens (tertiary/aromatic N) is 3. The van der Waals surface area contributed by atoms with E-state index >= 15 is 0 Å². The Hall–Kier alpha value is -2.30. The average molecular weight is 338 g/mol. The molecule has 3 nitrogen and oxygen atoms in total. The van der Waals surface area contributed by atoms with E-state index < -0.39 is 0 Å². The minimum Gasteiger partial charge on any atom is -0.249 e. The van der Waals surface area contributed by atoms with E-state index in [9.17, 15) is 0 Å². The van der Waals surface area contributed by atoms with Crippen LogP contribution < -0.4 is 0 Å². The highest BCUT2D eigenvalue weighted by Crippen LogP contribution is 2.27. The zero-order chi connectivity index (χ0) is 15.6. The van der Waals surface area contributed by atoms with Gasteiger partial charge in [-0.25, -0.2) is 15.0 Å². The van der Waals surface area contributed by atoms with Crippen molar-refractivity contribution in [3.05, 3.63) is 76.4 Å². The molecule has 4 aromatic rings. The molecule has 0 saturated carbocycles. The minimum atomic E-state index is 0.474. The third kappa shape index (κ3) is 2.96. The Kier molecular flexibility index (Phi) is 3.77. The number of benzene rings is 1. The molecule has 0 saturated heterocycles. The van der Waals surface area contributed by atoms with Crippen molar-refractivity contribution in [2.75, 3.05) is 0 Å². The second-order valence-corrected chi connectivity index (χ2v) is 6.41. The molecule has 3 aromatic heterocycles. The van der Waals surface area contributed by atoms with E-state index in [1.165, 1.54) is 5.56 Å². The van der Waals surface area contributed by atoms with Crippen molar-refractivity contribution in [1.29, 1.82) is 0 Å². The summed E-state index contributed by atoms with van der Waals surface area (Å²) in [7, 11) is 0. The molecule has 0 spiro atoms. The lowest BCUT2D eigenvalue weighted by atomic mass is 10.1. The van der Waals surface area contributed by atoms with Gasteiger partial charge in [0.2, 0.25) is 0 Å². The number of aromatic nitrogens is 3. The molecule has 3 heterocycles. The van der Waals surface area contributed by atoms with Crippen LogP contribution in [0.4, 0.5) is 0 Å². The zero-order valence-electron chi connectivity index (χ0n) is 12.1. The smallest absolute Gasteiger partial charge is 0.180 e. The predicted molar refractivity (Wildman–Crippen MR) is 94.9 cm³/mol. The topological polar surface area (TPSA) is 38.7 Å². The van der Waals surface area contributed by atoms with E-state index in [0.29, 0.717) is 11.0 Å². The van der Waals surface area contributed by atoms with E-state index in [2.05, 4.69) is 22.1 Å². The summed E-state index contributed by atoms with van der Waals surface area (Å²) in [5, 5.41) is 3.33. The second-order valence-electron chi connectivity index (χ2n) is 5.15. The molecule has 0 unspecified atom stereocenters. The lowest BCUT2D eigenvalue weighted by Crippen LogP contribution is -1.97. The summed E-state index contributed by atoms with van der Waals surface area (Å²) < 4.78 is 0. The summed E-state index contributed by atoms with van der Waals surface area (Å²) in [6.45, 7) is 0. The van der Waals surface area contributed by atoms with Gasteiger partial charge in [0, 0.05) is 17.5 Å². The average Bonchev–Trinajstić information content (AvgIpc) is 3.05. The normalized spacial score (nSPS) is 11.0. The molecule has 0 fully saturated rings. The summed E-state index contributed by atoms with van der Waals surface area (Å²) in [5.74, 6) is 0.569. The van der Waals surface area contributed by atoms with Gasteiger partial charge in [0.15, 0.2) is 5.82 Å². The van der Waals surface area contributed by atoms with Gasteiger partial charge in [0.25, 0.3) is 0 Å². The molecule has 0 aliphatic rings. The number of fused-ring (bicyclic) bond motifs is 1. The fourth-order valence-electron chi connectivity index (χ4n) is 2.44. The number of hydrogen-bond acceptors (Lipinski definition) is 4. The largest absolute Gasteiger partial charge is 0.249 e. The van der Waals surface area contributed by atoms with Crippen LogP contribution in [0.2, 0.25) is 5.15 Å². The van der Waals surface area contributed by atoms with Crippen LogP contribution in [-0.2, 0) is 6.42 Å². The first-order valence-electron chi connectivity index (χ1n) is 7.20. The van der Waals surface area contributed by atoms with Crippen molar-refractivity contribution in [3.8, 4) is 11.5 Å². The SMILES string of the molecule is Clc1nc(-c2cccc(Cc3ccccc3)n2)nc2sccc12. The molecule has 0 radical (unpaired) electrons. The molecule has 0 aliphatic carbocycles. The maximum atomic E-state index is 6.25. The molecular formula is C18H12ClN3S. The molecule has 5 heteroatoms. The van der Waals surface area contributed by atoms with Crippen LogP contribution in [0.15, 0.2) is 60.0 Å². The summed E-state index contributed by atoms with van der Waals surface area (Å²) in [4.78, 5) is 14.5. The Morgan fingerprint density at radius 3 is 2.61 bits per heavy atom. The molecule has 0 amide bonds. The predicted octanol–water partition coefficient (Wildman–Crippen LogP) is 5.00. The van der Waals surface area contributed by atoms with Crippen LogP contribution in [-0.4, -0.2) is 15.0 Å². The van der Waals surface area contributed by atoms with Crippen LogP contribution in [0, 0.1) is 0 Å². The monoisotopic (exact) mass is 337 g/mol. The van der Waals surface area contributed by atoms with Crippen molar-refractivity contribution in [2.45, 2.75) is 6.42 Å². The maximum absolute atomic E-state index is 6.25. The molecule has 0 N–H and O–H groups in total. The Morgan fingerprint density at radius 1 is 0.870 bits per heavy atom. The number of rotatable bonds is 3. The Labute approximate surface area is 142 Å². The highest BCUT2D eigenvalue weighted by Gasteiger charge is 2.10. The maximum Gasteiger partial charge on any atom is 0.180 e. The molecule has 0 atom stereocenters. The van der Waals surface area contributed by atoms with Crippen molar-refractivity contribution < 1.29 is 0 Å². The summed E-state index contributed by atoms with van der Waals surface area (Å²) in [6.07, 6.45) is 0.781. The van der Waals surface area contributed by atoms with Crippen LogP contribution in [0.1, 0.15) is 11.3 Å². The Balaban J connectivity index is 1.72. The second kappa shape index (κ2) is 6.07. The van der Waals surface area contributed by atoms with Gasteiger partial charge in [-0.3, -0.25) is 0 Å². The first kappa shape index (κ1) is 14.3. The van der Waals surface area contributed by atoms with Gasteiger partial charge in [-0.05, 0) is 29.1 Å². The molecule has 0 aliphatic heterocycles. The summed E-state index contributed by atoms with van der Waals surface area (Å²) in [6, 6.07) is 18.1. The summed E-state index contributed by atoms with van der Waals surface area (Å²) >= 11 is 7.80. The minimum absolute atomic E-state index is 0.474. The number of pyridine rings is 1. The van der Waals surface area contributed by atoms with Gasteiger partial charge in [-0.1, -0.05) is 48.0 Å². The van der Waals surface area contributed by atoms with Crippen molar-refractivity contribution in [3.63, 3.8) is 0 Å². The van der Waals surface area contributed by atoms with E-state index in [4.69, 9.17) is 16.6 Å². The molecule has 1 aromatic carbocycles. The van der Waals surface area contributed by atoms with Crippen molar-refractivity contribution in [2.24, 2.45) is 0 Å². The summed E-state index contributed by atoms with van der Waals surface area (Å²) in [5.41, 5.74) is 2.96. The first-order valence-corrected chi connectivity index (χ1v) is 8.46. The molecule has 112 valence electrons. The lowest BCUT2D eigenvalue weighted by molar-refractivity contribution is 1.06. The third-order valence-corrected chi connectivity index (χ3v) is 4.64. The first-order chi connectivity index (χ1) is 11.3. The third-order valence-electron chi connectivity index (χ3n) is 3.54. The van der Waals surface area contributed by atoms with E-state index in [-0.39, 0.29) is 0 Å². The van der Waals surface area contributed by atoms with Crippen LogP contribution in [0.3, 0.4) is 0 Å². The van der Waals surface area contributed by atoms with Crippen molar-refractivity contribution >= 4 is 33.2 Å². The van der Waals surface area contributed by atoms with Gasteiger partial charge in [0.05, 0.1) is 0 Å². The van der Waals surface area contributed by atoms with Crippen LogP contribution in [0.5, 0.6) is 0 Å². The van der Waals surface area contributed by atoms with Crippen LogP contribution >= 0.6 is 22.9 Å². The zero-order valence-corrected chi connectivity index (χ0v) is 13.7. The number of thiophene rings is 1. The lowest BCUT2D eigenvalue weighted by Gasteiger charge is -2.05. The Bertz CT molecular complexity index is 966. The van der Waals surface area contributed by atoms with Gasteiger partial charge in [-0.2, -0.15) is 0 Å². The fraction of sp³-hybridized carbons (Fsp3) is 0.0556. The fourth-order valence-corrected chi connectivity index (χ4v) is 3.49. The van der Waals surface area contributed by atoms with Gasteiger partial charge >= 0.3 is 0 Å². The number of hydrogen-bond donors (Lipinski definition) is 0. The van der Waals surface area contributed by atoms with Crippen molar-refractivity contribution in [1.82, 2.24) is 15.0 Å². The Morgan fingerprint density at radius 2 is 1.74 bits per heavy atom. The standard InChI is InChI=1S/C18H12ClN3S/c19-16-14-9-10-23-18(14)22-17(21-16)15-8-4-7-13(20-15)11-12-5-2-1-3-6-12/h1-10H,11H2. The molecule has 0 bridgehead atoms. The highest BCUT2D eigenvalue weighted by molar-refractivity contribution is 7.16. The molecular weight excluding hydrogens is 326 g/mol. The van der Waals surface area contributed by atoms with Gasteiger partial charge < -0.3 is 0 Å². The molecule has 23 heavy (non-hydrogen) atoms. The van der Waals surface area contributed by atoms with Crippen LogP contribution in [0.25, 0.3) is 21.7 Å².